The van der Waals surface area contributed by atoms with E-state index in [4.69, 9.17) is 4.74 Å². The molecule has 0 radical (unpaired) electrons. The predicted octanol–water partition coefficient (Wildman–Crippen LogP) is 3.20. The zero-order valence-corrected chi connectivity index (χ0v) is 15.3. The van der Waals surface area contributed by atoms with Crippen LogP contribution in [0.15, 0.2) is 42.5 Å². The highest BCUT2D eigenvalue weighted by Crippen LogP contribution is 2.22. The predicted molar refractivity (Wildman–Crippen MR) is 101 cm³/mol. The number of piperazine rings is 1. The molecule has 0 aromatic heterocycles. The van der Waals surface area contributed by atoms with E-state index < -0.39 is 0 Å². The standard InChI is InChI=1S/C21H26N2O2/c1-16-4-9-20(17(2)14-16)22-10-12-23(13-11-22)21(24)15-18-5-7-19(25-3)8-6-18/h4-9,14H,10-13,15H2,1-3H3. The molecule has 0 N–H and O–H groups in total. The summed E-state index contributed by atoms with van der Waals surface area (Å²) in [5, 5.41) is 0. The molecule has 1 heterocycles. The molecule has 1 saturated heterocycles. The number of amides is 1. The molecular formula is C21H26N2O2. The third kappa shape index (κ3) is 4.13. The number of rotatable bonds is 4. The number of carbonyl (C=O) groups excluding carboxylic acids is 1. The Morgan fingerprint density at radius 2 is 1.68 bits per heavy atom. The van der Waals surface area contributed by atoms with Crippen LogP contribution in [-0.4, -0.2) is 44.1 Å². The molecule has 0 spiro atoms. The van der Waals surface area contributed by atoms with Gasteiger partial charge >= 0.3 is 0 Å². The highest BCUT2D eigenvalue weighted by molar-refractivity contribution is 5.79. The maximum absolute atomic E-state index is 12.6. The van der Waals surface area contributed by atoms with Gasteiger partial charge in [0.1, 0.15) is 5.75 Å². The second kappa shape index (κ2) is 7.60. The highest BCUT2D eigenvalue weighted by atomic mass is 16.5. The SMILES string of the molecule is COc1ccc(CC(=O)N2CCN(c3ccc(C)cc3C)CC2)cc1. The van der Waals surface area contributed by atoms with Gasteiger partial charge in [-0.2, -0.15) is 0 Å². The number of ether oxygens (including phenoxy) is 1. The molecule has 0 bridgehead atoms. The first-order valence-electron chi connectivity index (χ1n) is 8.80. The van der Waals surface area contributed by atoms with Gasteiger partial charge in [0, 0.05) is 31.9 Å². The Bertz CT molecular complexity index is 732. The number of benzene rings is 2. The van der Waals surface area contributed by atoms with Crippen molar-refractivity contribution in [3.05, 3.63) is 59.2 Å². The van der Waals surface area contributed by atoms with E-state index in [1.165, 1.54) is 16.8 Å². The van der Waals surface area contributed by atoms with Crippen molar-refractivity contribution in [2.45, 2.75) is 20.3 Å². The van der Waals surface area contributed by atoms with E-state index in [1.54, 1.807) is 7.11 Å². The van der Waals surface area contributed by atoms with Gasteiger partial charge in [-0.15, -0.1) is 0 Å². The Kier molecular flexibility index (Phi) is 5.27. The van der Waals surface area contributed by atoms with Gasteiger partial charge in [-0.05, 0) is 43.2 Å². The number of methoxy groups -OCH3 is 1. The van der Waals surface area contributed by atoms with Crippen molar-refractivity contribution in [1.29, 1.82) is 0 Å². The van der Waals surface area contributed by atoms with Crippen LogP contribution in [0.4, 0.5) is 5.69 Å². The number of carbonyl (C=O) groups is 1. The van der Waals surface area contributed by atoms with Crippen LogP contribution in [0.3, 0.4) is 0 Å². The summed E-state index contributed by atoms with van der Waals surface area (Å²) >= 11 is 0. The molecule has 4 heteroatoms. The van der Waals surface area contributed by atoms with E-state index in [9.17, 15) is 4.79 Å². The van der Waals surface area contributed by atoms with E-state index in [2.05, 4.69) is 36.9 Å². The third-order valence-electron chi connectivity index (χ3n) is 4.84. The first-order chi connectivity index (χ1) is 12.1. The summed E-state index contributed by atoms with van der Waals surface area (Å²) in [5.74, 6) is 1.02. The minimum Gasteiger partial charge on any atom is -0.497 e. The minimum atomic E-state index is 0.199. The lowest BCUT2D eigenvalue weighted by molar-refractivity contribution is -0.130. The van der Waals surface area contributed by atoms with Crippen molar-refractivity contribution in [3.8, 4) is 5.75 Å². The summed E-state index contributed by atoms with van der Waals surface area (Å²) in [6.07, 6.45) is 0.452. The molecule has 0 atom stereocenters. The Morgan fingerprint density at radius 3 is 2.28 bits per heavy atom. The van der Waals surface area contributed by atoms with Crippen molar-refractivity contribution in [2.24, 2.45) is 0 Å². The number of hydrogen-bond acceptors (Lipinski definition) is 3. The normalized spacial score (nSPS) is 14.5. The molecule has 0 aliphatic carbocycles. The number of anilines is 1. The maximum Gasteiger partial charge on any atom is 0.227 e. The second-order valence-electron chi connectivity index (χ2n) is 6.68. The Hall–Kier alpha value is -2.49. The Morgan fingerprint density at radius 1 is 1.00 bits per heavy atom. The van der Waals surface area contributed by atoms with Crippen molar-refractivity contribution >= 4 is 11.6 Å². The van der Waals surface area contributed by atoms with E-state index in [0.717, 1.165) is 37.5 Å². The summed E-state index contributed by atoms with van der Waals surface area (Å²) in [4.78, 5) is 16.9. The zero-order chi connectivity index (χ0) is 17.8. The average Bonchev–Trinajstić information content (AvgIpc) is 2.62. The fourth-order valence-corrected chi connectivity index (χ4v) is 3.39. The molecule has 1 amide bonds. The summed E-state index contributed by atoms with van der Waals surface area (Å²) < 4.78 is 5.16. The molecule has 3 rings (SSSR count). The quantitative estimate of drug-likeness (QED) is 0.858. The number of aryl methyl sites for hydroxylation is 2. The van der Waals surface area contributed by atoms with Crippen molar-refractivity contribution in [3.63, 3.8) is 0 Å². The van der Waals surface area contributed by atoms with Crippen LogP contribution >= 0.6 is 0 Å². The van der Waals surface area contributed by atoms with Crippen LogP contribution in [0.2, 0.25) is 0 Å². The van der Waals surface area contributed by atoms with Gasteiger partial charge in [0.15, 0.2) is 0 Å². The third-order valence-corrected chi connectivity index (χ3v) is 4.84. The first-order valence-corrected chi connectivity index (χ1v) is 8.80. The van der Waals surface area contributed by atoms with Crippen LogP contribution in [-0.2, 0) is 11.2 Å². The van der Waals surface area contributed by atoms with Crippen molar-refractivity contribution < 1.29 is 9.53 Å². The number of hydrogen-bond donors (Lipinski definition) is 0. The molecule has 132 valence electrons. The van der Waals surface area contributed by atoms with Gasteiger partial charge in [-0.1, -0.05) is 29.8 Å². The largest absolute Gasteiger partial charge is 0.497 e. The first kappa shape index (κ1) is 17.3. The molecule has 0 unspecified atom stereocenters. The molecule has 1 aliphatic heterocycles. The van der Waals surface area contributed by atoms with Gasteiger partial charge in [0.05, 0.1) is 13.5 Å². The van der Waals surface area contributed by atoms with Crippen molar-refractivity contribution in [2.75, 3.05) is 38.2 Å². The summed E-state index contributed by atoms with van der Waals surface area (Å²) in [7, 11) is 1.65. The second-order valence-corrected chi connectivity index (χ2v) is 6.68. The van der Waals surface area contributed by atoms with E-state index in [-0.39, 0.29) is 5.91 Å². The molecule has 25 heavy (non-hydrogen) atoms. The van der Waals surface area contributed by atoms with Crippen LogP contribution in [0.1, 0.15) is 16.7 Å². The monoisotopic (exact) mass is 338 g/mol. The molecule has 1 fully saturated rings. The van der Waals surface area contributed by atoms with E-state index in [1.807, 2.05) is 29.2 Å². The maximum atomic E-state index is 12.6. The lowest BCUT2D eigenvalue weighted by Gasteiger charge is -2.37. The highest BCUT2D eigenvalue weighted by Gasteiger charge is 2.22. The van der Waals surface area contributed by atoms with Gasteiger partial charge in [0.25, 0.3) is 0 Å². The average molecular weight is 338 g/mol. The van der Waals surface area contributed by atoms with Crippen LogP contribution in [0, 0.1) is 13.8 Å². The molecule has 1 aliphatic rings. The zero-order valence-electron chi connectivity index (χ0n) is 15.3. The molecular weight excluding hydrogens is 312 g/mol. The van der Waals surface area contributed by atoms with Crippen LogP contribution < -0.4 is 9.64 Å². The van der Waals surface area contributed by atoms with E-state index >= 15 is 0 Å². The lowest BCUT2D eigenvalue weighted by atomic mass is 10.1. The fourth-order valence-electron chi connectivity index (χ4n) is 3.39. The van der Waals surface area contributed by atoms with Gasteiger partial charge < -0.3 is 14.5 Å². The van der Waals surface area contributed by atoms with Crippen LogP contribution in [0.25, 0.3) is 0 Å². The smallest absolute Gasteiger partial charge is 0.227 e. The lowest BCUT2D eigenvalue weighted by Crippen LogP contribution is -2.49. The summed E-state index contributed by atoms with van der Waals surface area (Å²) in [5.41, 5.74) is 4.91. The number of nitrogens with zero attached hydrogens (tertiary/aromatic N) is 2. The van der Waals surface area contributed by atoms with Gasteiger partial charge in [-0.25, -0.2) is 0 Å². The molecule has 4 nitrogen and oxygen atoms in total. The van der Waals surface area contributed by atoms with Crippen molar-refractivity contribution in [1.82, 2.24) is 4.90 Å². The van der Waals surface area contributed by atoms with E-state index in [0.29, 0.717) is 6.42 Å². The Balaban J connectivity index is 1.56. The van der Waals surface area contributed by atoms with Crippen LogP contribution in [0.5, 0.6) is 5.75 Å². The van der Waals surface area contributed by atoms with Gasteiger partial charge in [-0.3, -0.25) is 4.79 Å². The molecule has 2 aromatic rings. The minimum absolute atomic E-state index is 0.199. The van der Waals surface area contributed by atoms with Gasteiger partial charge in [0.2, 0.25) is 5.91 Å². The summed E-state index contributed by atoms with van der Waals surface area (Å²) in [6.45, 7) is 7.61. The molecule has 2 aromatic carbocycles. The fraction of sp³-hybridized carbons (Fsp3) is 0.381. The Labute approximate surface area is 150 Å². The molecule has 0 saturated carbocycles. The topological polar surface area (TPSA) is 32.8 Å². The summed E-state index contributed by atoms with van der Waals surface area (Å²) in [6, 6.07) is 14.3.